The lowest BCUT2D eigenvalue weighted by atomic mass is 9.86. The van der Waals surface area contributed by atoms with Gasteiger partial charge in [-0.2, -0.15) is 0 Å². The minimum absolute atomic E-state index is 0.115. The number of aromatic nitrogens is 1. The number of nitrogens with zero attached hydrogens (tertiary/aromatic N) is 1. The predicted octanol–water partition coefficient (Wildman–Crippen LogP) is 4.45. The number of hydrogen-bond acceptors (Lipinski definition) is 2. The van der Waals surface area contributed by atoms with Crippen LogP contribution in [0.1, 0.15) is 51.1 Å². The number of hydrogen-bond donors (Lipinski definition) is 1. The minimum atomic E-state index is 0.115. The van der Waals surface area contributed by atoms with Crippen molar-refractivity contribution < 1.29 is 0 Å². The summed E-state index contributed by atoms with van der Waals surface area (Å²) in [6, 6.07) is 8.55. The van der Waals surface area contributed by atoms with Crippen molar-refractivity contribution in [2.45, 2.75) is 45.6 Å². The van der Waals surface area contributed by atoms with Gasteiger partial charge in [-0.1, -0.05) is 51.3 Å². The maximum atomic E-state index is 6.53. The van der Waals surface area contributed by atoms with Crippen LogP contribution in [0.4, 0.5) is 0 Å². The van der Waals surface area contributed by atoms with Crippen LogP contribution >= 0.6 is 0 Å². The van der Waals surface area contributed by atoms with E-state index in [9.17, 15) is 0 Å². The van der Waals surface area contributed by atoms with Crippen LogP contribution in [0.2, 0.25) is 0 Å². The first-order valence-corrected chi connectivity index (χ1v) is 7.36. The molecule has 0 aliphatic rings. The number of unbranched alkanes of at least 4 members (excludes halogenated alkanes) is 1. The van der Waals surface area contributed by atoms with Gasteiger partial charge >= 0.3 is 0 Å². The molecule has 0 aliphatic carbocycles. The summed E-state index contributed by atoms with van der Waals surface area (Å²) in [5.74, 6) is 0.561. The molecule has 0 saturated carbocycles. The molecule has 1 heterocycles. The second-order valence-electron chi connectivity index (χ2n) is 5.28. The summed E-state index contributed by atoms with van der Waals surface area (Å²) in [5.41, 5.74) is 7.77. The average Bonchev–Trinajstić information content (AvgIpc) is 2.47. The first-order chi connectivity index (χ1) is 9.27. The van der Waals surface area contributed by atoms with Crippen molar-refractivity contribution in [2.75, 3.05) is 0 Å². The van der Waals surface area contributed by atoms with Crippen LogP contribution in [0.5, 0.6) is 0 Å². The topological polar surface area (TPSA) is 38.9 Å². The summed E-state index contributed by atoms with van der Waals surface area (Å²) < 4.78 is 0. The van der Waals surface area contributed by atoms with Crippen molar-refractivity contribution in [2.24, 2.45) is 11.7 Å². The molecule has 2 atom stereocenters. The van der Waals surface area contributed by atoms with Crippen LogP contribution in [0.3, 0.4) is 0 Å². The van der Waals surface area contributed by atoms with Gasteiger partial charge in [0.2, 0.25) is 0 Å². The third-order valence-corrected chi connectivity index (χ3v) is 4.04. The highest BCUT2D eigenvalue weighted by Crippen LogP contribution is 2.31. The quantitative estimate of drug-likeness (QED) is 0.829. The second kappa shape index (κ2) is 6.67. The van der Waals surface area contributed by atoms with Gasteiger partial charge in [-0.25, -0.2) is 0 Å². The Balaban J connectivity index is 2.31. The van der Waals surface area contributed by atoms with Gasteiger partial charge in [-0.15, -0.1) is 0 Å². The smallest absolute Gasteiger partial charge is 0.0349 e. The third-order valence-electron chi connectivity index (χ3n) is 4.04. The molecule has 2 heteroatoms. The number of pyridine rings is 1. The summed E-state index contributed by atoms with van der Waals surface area (Å²) in [5, 5.41) is 2.43. The summed E-state index contributed by atoms with van der Waals surface area (Å²) in [4.78, 5) is 4.25. The minimum Gasteiger partial charge on any atom is -0.324 e. The summed E-state index contributed by atoms with van der Waals surface area (Å²) in [6.07, 6.45) is 8.63. The van der Waals surface area contributed by atoms with Crippen molar-refractivity contribution in [3.63, 3.8) is 0 Å². The van der Waals surface area contributed by atoms with Gasteiger partial charge in [-0.3, -0.25) is 4.98 Å². The van der Waals surface area contributed by atoms with Crippen LogP contribution < -0.4 is 5.73 Å². The zero-order valence-electron chi connectivity index (χ0n) is 12.0. The van der Waals surface area contributed by atoms with E-state index < -0.39 is 0 Å². The standard InChI is InChI=1S/C17H24N2/c1-3-5-7-13(4-2)17(18)15-9-6-8-14-10-11-19-12-16(14)15/h6,8-13,17H,3-5,7,18H2,1-2H3. The monoisotopic (exact) mass is 256 g/mol. The number of nitrogens with two attached hydrogens (primary N) is 1. The zero-order valence-corrected chi connectivity index (χ0v) is 12.0. The third kappa shape index (κ3) is 3.13. The molecule has 2 rings (SSSR count). The lowest BCUT2D eigenvalue weighted by molar-refractivity contribution is 0.379. The molecular formula is C17H24N2. The Bertz CT molecular complexity index is 516. The Labute approximate surface area is 116 Å². The van der Waals surface area contributed by atoms with Crippen molar-refractivity contribution in [3.05, 3.63) is 42.2 Å². The van der Waals surface area contributed by atoms with Crippen LogP contribution in [0.25, 0.3) is 10.8 Å². The van der Waals surface area contributed by atoms with E-state index in [1.165, 1.54) is 35.6 Å². The van der Waals surface area contributed by atoms with Crippen LogP contribution in [0.15, 0.2) is 36.7 Å². The highest BCUT2D eigenvalue weighted by Gasteiger charge is 2.19. The second-order valence-corrected chi connectivity index (χ2v) is 5.28. The normalized spacial score (nSPS) is 14.5. The zero-order chi connectivity index (χ0) is 13.7. The van der Waals surface area contributed by atoms with E-state index >= 15 is 0 Å². The van der Waals surface area contributed by atoms with E-state index in [1.54, 1.807) is 0 Å². The molecule has 1 aromatic carbocycles. The Kier molecular flexibility index (Phi) is 4.92. The van der Waals surface area contributed by atoms with Crippen molar-refractivity contribution >= 4 is 10.8 Å². The summed E-state index contributed by atoms with van der Waals surface area (Å²) in [7, 11) is 0. The predicted molar refractivity (Wildman–Crippen MR) is 82.0 cm³/mol. The van der Waals surface area contributed by atoms with Gasteiger partial charge in [0.25, 0.3) is 0 Å². The molecule has 0 spiro atoms. The lowest BCUT2D eigenvalue weighted by Crippen LogP contribution is -2.21. The molecule has 2 N–H and O–H groups in total. The van der Waals surface area contributed by atoms with E-state index in [0.717, 1.165) is 6.42 Å². The first kappa shape index (κ1) is 14.0. The van der Waals surface area contributed by atoms with E-state index in [4.69, 9.17) is 5.73 Å². The Hall–Kier alpha value is -1.41. The number of benzene rings is 1. The fraction of sp³-hybridized carbons (Fsp3) is 0.471. The largest absolute Gasteiger partial charge is 0.324 e. The molecular weight excluding hydrogens is 232 g/mol. The number of fused-ring (bicyclic) bond motifs is 1. The molecule has 0 aliphatic heterocycles. The Morgan fingerprint density at radius 2 is 2.05 bits per heavy atom. The summed E-state index contributed by atoms with van der Waals surface area (Å²) >= 11 is 0. The highest BCUT2D eigenvalue weighted by atomic mass is 14.7. The molecule has 2 unspecified atom stereocenters. The highest BCUT2D eigenvalue weighted by molar-refractivity contribution is 5.85. The lowest BCUT2D eigenvalue weighted by Gasteiger charge is -2.24. The molecule has 2 aromatic rings. The number of rotatable bonds is 6. The Morgan fingerprint density at radius 1 is 1.21 bits per heavy atom. The van der Waals surface area contributed by atoms with Crippen LogP contribution in [-0.2, 0) is 0 Å². The Morgan fingerprint density at radius 3 is 2.79 bits per heavy atom. The van der Waals surface area contributed by atoms with E-state index in [-0.39, 0.29) is 6.04 Å². The van der Waals surface area contributed by atoms with Gasteiger partial charge in [0.05, 0.1) is 0 Å². The van der Waals surface area contributed by atoms with Crippen molar-refractivity contribution in [1.82, 2.24) is 4.98 Å². The van der Waals surface area contributed by atoms with Crippen molar-refractivity contribution in [3.8, 4) is 0 Å². The fourth-order valence-electron chi connectivity index (χ4n) is 2.79. The first-order valence-electron chi connectivity index (χ1n) is 7.36. The van der Waals surface area contributed by atoms with Gasteiger partial charge in [0.15, 0.2) is 0 Å². The molecule has 1 aromatic heterocycles. The fourth-order valence-corrected chi connectivity index (χ4v) is 2.79. The van der Waals surface area contributed by atoms with E-state index in [2.05, 4.69) is 43.1 Å². The SMILES string of the molecule is CCCCC(CC)C(N)c1cccc2ccncc12. The maximum absolute atomic E-state index is 6.53. The van der Waals surface area contributed by atoms with Crippen LogP contribution in [-0.4, -0.2) is 4.98 Å². The molecule has 0 amide bonds. The molecule has 102 valence electrons. The van der Waals surface area contributed by atoms with E-state index in [0.29, 0.717) is 5.92 Å². The molecule has 0 radical (unpaired) electrons. The van der Waals surface area contributed by atoms with Crippen molar-refractivity contribution in [1.29, 1.82) is 0 Å². The summed E-state index contributed by atoms with van der Waals surface area (Å²) in [6.45, 7) is 4.48. The molecule has 2 nitrogen and oxygen atoms in total. The molecule has 0 bridgehead atoms. The van der Waals surface area contributed by atoms with Gasteiger partial charge in [-0.05, 0) is 29.4 Å². The molecule has 0 fully saturated rings. The average molecular weight is 256 g/mol. The molecule has 19 heavy (non-hydrogen) atoms. The van der Waals surface area contributed by atoms with Gasteiger partial charge in [0, 0.05) is 23.8 Å². The van der Waals surface area contributed by atoms with Gasteiger partial charge < -0.3 is 5.73 Å². The van der Waals surface area contributed by atoms with E-state index in [1.807, 2.05) is 12.4 Å². The van der Waals surface area contributed by atoms with Crippen LogP contribution in [0, 0.1) is 5.92 Å². The molecule has 0 saturated heterocycles. The maximum Gasteiger partial charge on any atom is 0.0349 e. The van der Waals surface area contributed by atoms with Gasteiger partial charge in [0.1, 0.15) is 0 Å².